The van der Waals surface area contributed by atoms with Crippen LogP contribution in [0.5, 0.6) is 5.75 Å². The maximum absolute atomic E-state index is 14.6. The van der Waals surface area contributed by atoms with Crippen LogP contribution in [0.4, 0.5) is 4.39 Å². The van der Waals surface area contributed by atoms with Crippen LogP contribution in [0.25, 0.3) is 11.8 Å². The second-order valence-corrected chi connectivity index (χ2v) is 7.50. The van der Waals surface area contributed by atoms with Gasteiger partial charge in [0.25, 0.3) is 0 Å². The summed E-state index contributed by atoms with van der Waals surface area (Å²) in [7, 11) is 3.26. The van der Waals surface area contributed by atoms with Crippen LogP contribution in [0, 0.1) is 6.92 Å². The van der Waals surface area contributed by atoms with E-state index in [1.165, 1.54) is 11.0 Å². The molecule has 1 aliphatic carbocycles. The third-order valence-electron chi connectivity index (χ3n) is 5.51. The number of fused-ring (bicyclic) bond motifs is 1. The predicted octanol–water partition coefficient (Wildman–Crippen LogP) is 4.30. The zero-order valence-electron chi connectivity index (χ0n) is 17.2. The van der Waals surface area contributed by atoms with E-state index in [1.807, 2.05) is 60.2 Å². The van der Waals surface area contributed by atoms with E-state index in [1.54, 1.807) is 26.6 Å². The number of carbonyl (C=O) groups excluding carboxylic acids is 1. The minimum absolute atomic E-state index is 0.243. The maximum Gasteiger partial charge on any atom is 0.246 e. The number of imidazole rings is 1. The molecule has 0 N–H and O–H groups in total. The second-order valence-electron chi connectivity index (χ2n) is 7.50. The molecular formula is C24H24FN3O2. The molecule has 0 aliphatic heterocycles. The SMILES string of the molecule is COc1cc(C=CC(=O)N(C)[C@@H]2c3ccccc3C[C@@H]2F)ccc1-n1cnc(C)c1. The topological polar surface area (TPSA) is 47.4 Å². The van der Waals surface area contributed by atoms with Gasteiger partial charge in [0.2, 0.25) is 5.91 Å². The Morgan fingerprint density at radius 1 is 1.30 bits per heavy atom. The van der Waals surface area contributed by atoms with Gasteiger partial charge >= 0.3 is 0 Å². The number of benzene rings is 2. The van der Waals surface area contributed by atoms with Crippen LogP contribution < -0.4 is 4.74 Å². The van der Waals surface area contributed by atoms with Gasteiger partial charge in [0.15, 0.2) is 0 Å². The quantitative estimate of drug-likeness (QED) is 0.595. The van der Waals surface area contributed by atoms with E-state index in [2.05, 4.69) is 4.98 Å². The smallest absolute Gasteiger partial charge is 0.246 e. The van der Waals surface area contributed by atoms with E-state index in [-0.39, 0.29) is 5.91 Å². The molecular weight excluding hydrogens is 381 g/mol. The third-order valence-corrected chi connectivity index (χ3v) is 5.51. The minimum atomic E-state index is -1.09. The Hall–Kier alpha value is -3.41. The maximum atomic E-state index is 14.6. The molecule has 1 amide bonds. The average Bonchev–Trinajstić information content (AvgIpc) is 3.33. The lowest BCUT2D eigenvalue weighted by Crippen LogP contribution is -2.33. The zero-order valence-corrected chi connectivity index (χ0v) is 17.2. The van der Waals surface area contributed by atoms with Crippen molar-refractivity contribution < 1.29 is 13.9 Å². The first-order valence-electron chi connectivity index (χ1n) is 9.83. The van der Waals surface area contributed by atoms with Crippen LogP contribution in [-0.2, 0) is 11.2 Å². The number of likely N-dealkylation sites (N-methyl/N-ethyl adjacent to an activating group) is 1. The van der Waals surface area contributed by atoms with Crippen LogP contribution in [0.15, 0.2) is 61.1 Å². The van der Waals surface area contributed by atoms with Gasteiger partial charge in [0.05, 0.1) is 30.9 Å². The van der Waals surface area contributed by atoms with E-state index in [0.29, 0.717) is 12.2 Å². The Morgan fingerprint density at radius 2 is 2.10 bits per heavy atom. The number of hydrogen-bond acceptors (Lipinski definition) is 3. The molecule has 30 heavy (non-hydrogen) atoms. The highest BCUT2D eigenvalue weighted by Gasteiger charge is 2.36. The molecule has 0 unspecified atom stereocenters. The number of alkyl halides is 1. The van der Waals surface area contributed by atoms with Crippen LogP contribution in [0.3, 0.4) is 0 Å². The highest BCUT2D eigenvalue weighted by atomic mass is 19.1. The van der Waals surface area contributed by atoms with Gasteiger partial charge in [-0.05, 0) is 41.8 Å². The lowest BCUT2D eigenvalue weighted by molar-refractivity contribution is -0.127. The van der Waals surface area contributed by atoms with Crippen molar-refractivity contribution in [3.63, 3.8) is 0 Å². The highest BCUT2D eigenvalue weighted by molar-refractivity contribution is 5.92. The van der Waals surface area contributed by atoms with Crippen molar-refractivity contribution in [2.75, 3.05) is 14.2 Å². The number of aryl methyl sites for hydroxylation is 1. The summed E-state index contributed by atoms with van der Waals surface area (Å²) in [6, 6.07) is 12.7. The first kappa shape index (κ1) is 19.9. The van der Waals surface area contributed by atoms with Gasteiger partial charge < -0.3 is 14.2 Å². The van der Waals surface area contributed by atoms with Crippen molar-refractivity contribution in [2.24, 2.45) is 0 Å². The molecule has 1 aliphatic rings. The van der Waals surface area contributed by atoms with Crippen LogP contribution in [0.1, 0.15) is 28.4 Å². The van der Waals surface area contributed by atoms with Gasteiger partial charge in [-0.25, -0.2) is 9.37 Å². The summed E-state index contributed by atoms with van der Waals surface area (Å²) in [4.78, 5) is 18.5. The van der Waals surface area contributed by atoms with Gasteiger partial charge in [-0.15, -0.1) is 0 Å². The predicted molar refractivity (Wildman–Crippen MR) is 114 cm³/mol. The first-order valence-corrected chi connectivity index (χ1v) is 9.83. The van der Waals surface area contributed by atoms with Crippen molar-refractivity contribution in [3.05, 3.63) is 83.4 Å². The number of amides is 1. The highest BCUT2D eigenvalue weighted by Crippen LogP contribution is 2.37. The molecule has 5 nitrogen and oxygen atoms in total. The Balaban J connectivity index is 1.53. The number of methoxy groups -OCH3 is 1. The molecule has 1 aromatic heterocycles. The molecule has 0 fully saturated rings. The summed E-state index contributed by atoms with van der Waals surface area (Å²) in [5.41, 5.74) is 4.44. The Bertz CT molecular complexity index is 1110. The van der Waals surface area contributed by atoms with E-state index in [4.69, 9.17) is 4.74 Å². The Kier molecular flexibility index (Phi) is 5.40. The third kappa shape index (κ3) is 3.73. The monoisotopic (exact) mass is 405 g/mol. The molecule has 2 atom stereocenters. The standard InChI is InChI=1S/C24H24FN3O2/c1-16-14-28(15-26-16)21-10-8-17(12-22(21)30-3)9-11-23(29)27(2)24-19-7-5-4-6-18(19)13-20(24)25/h4-12,14-15,20,24H,13H2,1-3H3/t20-,24+/m0/s1. The van der Waals surface area contributed by atoms with Crippen LogP contribution in [-0.4, -0.2) is 40.7 Å². The molecule has 0 saturated heterocycles. The van der Waals surface area contributed by atoms with E-state index in [0.717, 1.165) is 28.1 Å². The number of ether oxygens (including phenoxy) is 1. The number of carbonyl (C=O) groups is 1. The number of rotatable bonds is 5. The lowest BCUT2D eigenvalue weighted by Gasteiger charge is -2.26. The summed E-state index contributed by atoms with van der Waals surface area (Å²) in [5.74, 6) is 0.427. The number of nitrogens with zero attached hydrogens (tertiary/aromatic N) is 3. The summed E-state index contributed by atoms with van der Waals surface area (Å²) >= 11 is 0. The average molecular weight is 405 g/mol. The van der Waals surface area contributed by atoms with Crippen LogP contribution in [0.2, 0.25) is 0 Å². The number of halogens is 1. The van der Waals surface area contributed by atoms with E-state index < -0.39 is 12.2 Å². The summed E-state index contributed by atoms with van der Waals surface area (Å²) in [6.45, 7) is 1.92. The minimum Gasteiger partial charge on any atom is -0.495 e. The second kappa shape index (κ2) is 8.14. The molecule has 0 saturated carbocycles. The molecule has 2 aromatic carbocycles. The molecule has 0 bridgehead atoms. The Labute approximate surface area is 175 Å². The first-order chi connectivity index (χ1) is 14.5. The van der Waals surface area contributed by atoms with Gasteiger partial charge in [-0.1, -0.05) is 30.3 Å². The lowest BCUT2D eigenvalue weighted by atomic mass is 10.1. The fraction of sp³-hybridized carbons (Fsp3) is 0.250. The van der Waals surface area contributed by atoms with Crippen molar-refractivity contribution in [1.29, 1.82) is 0 Å². The zero-order chi connectivity index (χ0) is 21.3. The fourth-order valence-corrected chi connectivity index (χ4v) is 3.96. The molecule has 1 heterocycles. The van der Waals surface area contributed by atoms with Gasteiger partial charge in [-0.3, -0.25) is 4.79 Å². The van der Waals surface area contributed by atoms with E-state index >= 15 is 0 Å². The van der Waals surface area contributed by atoms with Crippen molar-refractivity contribution in [3.8, 4) is 11.4 Å². The molecule has 154 valence electrons. The molecule has 4 rings (SSSR count). The van der Waals surface area contributed by atoms with Crippen molar-refractivity contribution >= 4 is 12.0 Å². The van der Waals surface area contributed by atoms with Crippen molar-refractivity contribution in [2.45, 2.75) is 25.6 Å². The molecule has 0 radical (unpaired) electrons. The van der Waals surface area contributed by atoms with Gasteiger partial charge in [-0.2, -0.15) is 0 Å². The normalized spacial score (nSPS) is 17.9. The molecule has 3 aromatic rings. The Morgan fingerprint density at radius 3 is 2.83 bits per heavy atom. The fourth-order valence-electron chi connectivity index (χ4n) is 3.96. The molecule has 6 heteroatoms. The summed E-state index contributed by atoms with van der Waals surface area (Å²) < 4.78 is 22.0. The van der Waals surface area contributed by atoms with E-state index in [9.17, 15) is 9.18 Å². The van der Waals surface area contributed by atoms with Crippen molar-refractivity contribution in [1.82, 2.24) is 14.5 Å². The number of aromatic nitrogens is 2. The van der Waals surface area contributed by atoms with Gasteiger partial charge in [0, 0.05) is 25.7 Å². The summed E-state index contributed by atoms with van der Waals surface area (Å²) in [6.07, 6.45) is 6.09. The molecule has 0 spiro atoms. The van der Waals surface area contributed by atoms with Crippen LogP contribution >= 0.6 is 0 Å². The largest absolute Gasteiger partial charge is 0.495 e. The summed E-state index contributed by atoms with van der Waals surface area (Å²) in [5, 5.41) is 0. The van der Waals surface area contributed by atoms with Gasteiger partial charge in [0.1, 0.15) is 11.9 Å². The number of hydrogen-bond donors (Lipinski definition) is 0.